The normalized spacial score (nSPS) is 14.7. The van der Waals surface area contributed by atoms with Crippen LogP contribution in [0.3, 0.4) is 0 Å². The molecule has 0 radical (unpaired) electrons. The Morgan fingerprint density at radius 2 is 1.80 bits per heavy atom. The minimum absolute atomic E-state index is 0.0877. The zero-order valence-electron chi connectivity index (χ0n) is 14.3. The van der Waals surface area contributed by atoms with E-state index < -0.39 is 0 Å². The van der Waals surface area contributed by atoms with E-state index in [0.717, 1.165) is 27.7 Å². The van der Waals surface area contributed by atoms with Gasteiger partial charge in [0.25, 0.3) is 0 Å². The zero-order valence-corrected chi connectivity index (χ0v) is 15.1. The summed E-state index contributed by atoms with van der Waals surface area (Å²) in [6.07, 6.45) is 0. The van der Waals surface area contributed by atoms with Crippen LogP contribution in [0.5, 0.6) is 5.75 Å². The first-order valence-electron chi connectivity index (χ1n) is 8.35. The standard InChI is InChI=1S/C22H17ClO2/c1-22(2)15-7-5-4-6-13(15)19-16(22)11-18(24-3)21-20(19)14-10-12(23)8-9-17(14)25-21/h4-11H,1-3H3. The molecule has 0 fully saturated rings. The highest BCUT2D eigenvalue weighted by Gasteiger charge is 2.38. The van der Waals surface area contributed by atoms with Gasteiger partial charge in [-0.2, -0.15) is 0 Å². The molecule has 1 aliphatic carbocycles. The summed E-state index contributed by atoms with van der Waals surface area (Å²) in [5.41, 5.74) is 6.61. The Hall–Kier alpha value is -2.45. The van der Waals surface area contributed by atoms with Crippen LogP contribution in [0, 0.1) is 0 Å². The summed E-state index contributed by atoms with van der Waals surface area (Å²) in [4.78, 5) is 0. The summed E-state index contributed by atoms with van der Waals surface area (Å²) >= 11 is 6.28. The average molecular weight is 349 g/mol. The molecule has 2 nitrogen and oxygen atoms in total. The van der Waals surface area contributed by atoms with Crippen molar-refractivity contribution in [3.63, 3.8) is 0 Å². The Labute approximate surface area is 151 Å². The van der Waals surface area contributed by atoms with E-state index in [1.54, 1.807) is 7.11 Å². The van der Waals surface area contributed by atoms with Gasteiger partial charge in [0.2, 0.25) is 0 Å². The van der Waals surface area contributed by atoms with Crippen molar-refractivity contribution >= 4 is 33.5 Å². The van der Waals surface area contributed by atoms with E-state index in [4.69, 9.17) is 20.8 Å². The number of rotatable bonds is 1. The van der Waals surface area contributed by atoms with Crippen molar-refractivity contribution in [3.8, 4) is 16.9 Å². The number of hydrogen-bond donors (Lipinski definition) is 0. The van der Waals surface area contributed by atoms with E-state index in [1.807, 2.05) is 18.2 Å². The number of ether oxygens (including phenoxy) is 1. The van der Waals surface area contributed by atoms with Crippen LogP contribution in [-0.4, -0.2) is 7.11 Å². The summed E-state index contributed by atoms with van der Waals surface area (Å²) in [5.74, 6) is 0.766. The topological polar surface area (TPSA) is 22.4 Å². The van der Waals surface area contributed by atoms with Crippen molar-refractivity contribution in [2.75, 3.05) is 7.11 Å². The first-order chi connectivity index (χ1) is 12.0. The zero-order chi connectivity index (χ0) is 17.3. The monoisotopic (exact) mass is 348 g/mol. The number of furan rings is 1. The largest absolute Gasteiger partial charge is 0.493 e. The van der Waals surface area contributed by atoms with Crippen molar-refractivity contribution in [2.45, 2.75) is 19.3 Å². The van der Waals surface area contributed by atoms with Crippen LogP contribution in [0.4, 0.5) is 0 Å². The molecule has 124 valence electrons. The quantitative estimate of drug-likeness (QED) is 0.389. The smallest absolute Gasteiger partial charge is 0.177 e. The lowest BCUT2D eigenvalue weighted by Gasteiger charge is -2.21. The van der Waals surface area contributed by atoms with E-state index in [0.29, 0.717) is 5.02 Å². The molecule has 3 aromatic carbocycles. The highest BCUT2D eigenvalue weighted by molar-refractivity contribution is 6.32. The minimum atomic E-state index is -0.0877. The van der Waals surface area contributed by atoms with Crippen LogP contribution in [0.15, 0.2) is 52.9 Å². The summed E-state index contributed by atoms with van der Waals surface area (Å²) in [6.45, 7) is 4.52. The molecule has 4 aromatic rings. The first kappa shape index (κ1) is 14.9. The molecule has 0 amide bonds. The molecule has 1 aromatic heterocycles. The molecule has 3 heteroatoms. The Morgan fingerprint density at radius 1 is 1.00 bits per heavy atom. The summed E-state index contributed by atoms with van der Waals surface area (Å²) in [6, 6.07) is 16.5. The lowest BCUT2D eigenvalue weighted by Crippen LogP contribution is -2.14. The number of hydrogen-bond acceptors (Lipinski definition) is 2. The van der Waals surface area contributed by atoms with Gasteiger partial charge in [0, 0.05) is 21.2 Å². The van der Waals surface area contributed by atoms with E-state index >= 15 is 0 Å². The highest BCUT2D eigenvalue weighted by Crippen LogP contribution is 2.54. The van der Waals surface area contributed by atoms with E-state index in [-0.39, 0.29) is 5.41 Å². The molecule has 0 atom stereocenters. The van der Waals surface area contributed by atoms with Gasteiger partial charge in [-0.15, -0.1) is 0 Å². The molecule has 0 spiro atoms. The van der Waals surface area contributed by atoms with Crippen LogP contribution in [0.2, 0.25) is 5.02 Å². The molecule has 0 saturated carbocycles. The van der Waals surface area contributed by atoms with Gasteiger partial charge in [0.1, 0.15) is 5.58 Å². The number of halogens is 1. The summed E-state index contributed by atoms with van der Waals surface area (Å²) in [5, 5.41) is 2.83. The Balaban J connectivity index is 2.07. The van der Waals surface area contributed by atoms with Crippen molar-refractivity contribution < 1.29 is 9.15 Å². The average Bonchev–Trinajstić information content (AvgIpc) is 3.08. The van der Waals surface area contributed by atoms with E-state index in [9.17, 15) is 0 Å². The highest BCUT2D eigenvalue weighted by atomic mass is 35.5. The van der Waals surface area contributed by atoms with Gasteiger partial charge in [0.15, 0.2) is 11.3 Å². The molecular formula is C22H17ClO2. The third-order valence-electron chi connectivity index (χ3n) is 5.43. The van der Waals surface area contributed by atoms with Crippen molar-refractivity contribution in [1.82, 2.24) is 0 Å². The van der Waals surface area contributed by atoms with E-state index in [1.165, 1.54) is 22.3 Å². The van der Waals surface area contributed by atoms with Gasteiger partial charge in [-0.3, -0.25) is 0 Å². The number of fused-ring (bicyclic) bond motifs is 7. The molecule has 0 unspecified atom stereocenters. The maximum Gasteiger partial charge on any atom is 0.177 e. The minimum Gasteiger partial charge on any atom is -0.493 e. The van der Waals surface area contributed by atoms with Crippen molar-refractivity contribution in [1.29, 1.82) is 0 Å². The van der Waals surface area contributed by atoms with Gasteiger partial charge >= 0.3 is 0 Å². The molecule has 0 N–H and O–H groups in total. The Bertz CT molecular complexity index is 1170. The Morgan fingerprint density at radius 3 is 2.60 bits per heavy atom. The lowest BCUT2D eigenvalue weighted by atomic mass is 9.82. The van der Waals surface area contributed by atoms with Crippen LogP contribution < -0.4 is 4.74 Å². The summed E-state index contributed by atoms with van der Waals surface area (Å²) in [7, 11) is 1.69. The lowest BCUT2D eigenvalue weighted by molar-refractivity contribution is 0.411. The van der Waals surface area contributed by atoms with Crippen LogP contribution in [-0.2, 0) is 5.41 Å². The van der Waals surface area contributed by atoms with Crippen LogP contribution in [0.1, 0.15) is 25.0 Å². The van der Waals surface area contributed by atoms with Gasteiger partial charge in [-0.25, -0.2) is 0 Å². The van der Waals surface area contributed by atoms with Crippen molar-refractivity contribution in [3.05, 3.63) is 64.7 Å². The summed E-state index contributed by atoms with van der Waals surface area (Å²) < 4.78 is 11.8. The second kappa shape index (κ2) is 4.80. The van der Waals surface area contributed by atoms with Crippen LogP contribution in [0.25, 0.3) is 33.1 Å². The maximum atomic E-state index is 6.28. The fraction of sp³-hybridized carbons (Fsp3) is 0.182. The molecule has 0 bridgehead atoms. The third kappa shape index (κ3) is 1.81. The molecular weight excluding hydrogens is 332 g/mol. The molecule has 5 rings (SSSR count). The number of methoxy groups -OCH3 is 1. The molecule has 25 heavy (non-hydrogen) atoms. The second-order valence-electron chi connectivity index (χ2n) is 7.12. The van der Waals surface area contributed by atoms with Crippen LogP contribution >= 0.6 is 11.6 Å². The van der Waals surface area contributed by atoms with Gasteiger partial charge in [-0.1, -0.05) is 49.7 Å². The predicted molar refractivity (Wildman–Crippen MR) is 103 cm³/mol. The number of benzene rings is 3. The molecule has 1 heterocycles. The first-order valence-corrected chi connectivity index (χ1v) is 8.73. The SMILES string of the molecule is COc1cc2c(c3c1oc1ccc(Cl)cc13)-c1ccccc1C2(C)C. The molecule has 0 aliphatic heterocycles. The van der Waals surface area contributed by atoms with Crippen molar-refractivity contribution in [2.24, 2.45) is 0 Å². The maximum absolute atomic E-state index is 6.28. The fourth-order valence-electron chi connectivity index (χ4n) is 4.21. The van der Waals surface area contributed by atoms with Gasteiger partial charge in [-0.05, 0) is 46.5 Å². The Kier molecular flexibility index (Phi) is 2.85. The van der Waals surface area contributed by atoms with Gasteiger partial charge < -0.3 is 9.15 Å². The second-order valence-corrected chi connectivity index (χ2v) is 7.56. The van der Waals surface area contributed by atoms with E-state index in [2.05, 4.69) is 44.2 Å². The molecule has 1 aliphatic rings. The van der Waals surface area contributed by atoms with Gasteiger partial charge in [0.05, 0.1) is 7.11 Å². The fourth-order valence-corrected chi connectivity index (χ4v) is 4.38. The predicted octanol–water partition coefficient (Wildman–Crippen LogP) is 6.55. The molecule has 0 saturated heterocycles. The third-order valence-corrected chi connectivity index (χ3v) is 5.67.